The molecular formula is C13H13F6NO. The van der Waals surface area contributed by atoms with E-state index in [2.05, 4.69) is 5.32 Å². The Labute approximate surface area is 116 Å². The summed E-state index contributed by atoms with van der Waals surface area (Å²) in [6.07, 6.45) is -10.1. The maximum absolute atomic E-state index is 12.9. The minimum absolute atomic E-state index is 0.0591. The molecule has 118 valence electrons. The average molecular weight is 313 g/mol. The average Bonchev–Trinajstić information content (AvgIpc) is 3.12. The molecule has 2 rings (SSSR count). The lowest BCUT2D eigenvalue weighted by Crippen LogP contribution is -2.54. The van der Waals surface area contributed by atoms with E-state index in [1.54, 1.807) is 0 Å². The summed E-state index contributed by atoms with van der Waals surface area (Å²) in [5.41, 5.74) is -6.18. The van der Waals surface area contributed by atoms with Gasteiger partial charge >= 0.3 is 12.4 Å². The Kier molecular flexibility index (Phi) is 3.64. The predicted octanol–water partition coefficient (Wildman–Crippen LogP) is 3.88. The Morgan fingerprint density at radius 1 is 1.05 bits per heavy atom. The second kappa shape index (κ2) is 4.79. The molecule has 0 aromatic heterocycles. The van der Waals surface area contributed by atoms with E-state index in [9.17, 15) is 31.4 Å². The first-order valence-corrected chi connectivity index (χ1v) is 6.21. The number of alkyl halides is 6. The molecule has 0 amide bonds. The summed E-state index contributed by atoms with van der Waals surface area (Å²) in [5, 5.41) is 12.3. The molecule has 1 aromatic rings. The summed E-state index contributed by atoms with van der Waals surface area (Å²) in [5.74, 6) is 0. The number of halogens is 6. The zero-order valence-corrected chi connectivity index (χ0v) is 10.9. The highest BCUT2D eigenvalue weighted by molar-refractivity contribution is 5.57. The third-order valence-corrected chi connectivity index (χ3v) is 3.48. The topological polar surface area (TPSA) is 32.3 Å². The monoisotopic (exact) mass is 313 g/mol. The Bertz CT molecular complexity index is 518. The second-order valence-corrected chi connectivity index (χ2v) is 5.10. The molecule has 2 nitrogen and oxygen atoms in total. The largest absolute Gasteiger partial charge is 0.430 e. The van der Waals surface area contributed by atoms with Gasteiger partial charge in [-0.05, 0) is 31.4 Å². The molecule has 1 saturated carbocycles. The summed E-state index contributed by atoms with van der Waals surface area (Å²) in [6.45, 7) is 1.13. The van der Waals surface area contributed by atoms with Crippen LogP contribution in [-0.2, 0) is 5.60 Å². The minimum Gasteiger partial charge on any atom is -0.382 e. The van der Waals surface area contributed by atoms with Crippen molar-refractivity contribution in [3.63, 3.8) is 0 Å². The molecule has 1 aromatic carbocycles. The first-order chi connectivity index (χ1) is 9.48. The van der Waals surface area contributed by atoms with Crippen LogP contribution in [0.25, 0.3) is 0 Å². The van der Waals surface area contributed by atoms with E-state index in [1.165, 1.54) is 6.07 Å². The van der Waals surface area contributed by atoms with Crippen LogP contribution in [0, 0.1) is 6.92 Å². The lowest BCUT2D eigenvalue weighted by molar-refractivity contribution is -0.376. The van der Waals surface area contributed by atoms with Crippen LogP contribution in [0.1, 0.15) is 24.0 Å². The predicted molar refractivity (Wildman–Crippen MR) is 63.8 cm³/mol. The number of nitrogens with one attached hydrogen (secondary N) is 1. The van der Waals surface area contributed by atoms with Crippen molar-refractivity contribution in [2.75, 3.05) is 5.32 Å². The van der Waals surface area contributed by atoms with E-state index >= 15 is 0 Å². The van der Waals surface area contributed by atoms with Crippen molar-refractivity contribution in [1.82, 2.24) is 0 Å². The molecule has 21 heavy (non-hydrogen) atoms. The molecule has 0 unspecified atom stereocenters. The number of hydrogen-bond acceptors (Lipinski definition) is 2. The number of aliphatic hydroxyl groups is 1. The zero-order chi connectivity index (χ0) is 16.1. The molecule has 0 atom stereocenters. The molecule has 1 aliphatic carbocycles. The van der Waals surface area contributed by atoms with Gasteiger partial charge in [0.25, 0.3) is 5.60 Å². The van der Waals surface area contributed by atoms with Crippen LogP contribution in [-0.4, -0.2) is 23.5 Å². The fourth-order valence-electron chi connectivity index (χ4n) is 2.10. The van der Waals surface area contributed by atoms with Gasteiger partial charge in [0.2, 0.25) is 0 Å². The summed E-state index contributed by atoms with van der Waals surface area (Å²) >= 11 is 0. The van der Waals surface area contributed by atoms with Crippen LogP contribution in [0.5, 0.6) is 0 Å². The van der Waals surface area contributed by atoms with Gasteiger partial charge in [0.15, 0.2) is 0 Å². The van der Waals surface area contributed by atoms with E-state index < -0.39 is 23.5 Å². The molecule has 0 radical (unpaired) electrons. The summed E-state index contributed by atoms with van der Waals surface area (Å²) in [4.78, 5) is 0. The molecule has 2 N–H and O–H groups in total. The van der Waals surface area contributed by atoms with Crippen molar-refractivity contribution in [3.05, 3.63) is 29.3 Å². The van der Waals surface area contributed by atoms with E-state index in [0.717, 1.165) is 25.8 Å². The zero-order valence-electron chi connectivity index (χ0n) is 10.9. The lowest BCUT2D eigenvalue weighted by atomic mass is 9.88. The highest BCUT2D eigenvalue weighted by atomic mass is 19.4. The van der Waals surface area contributed by atoms with E-state index in [-0.39, 0.29) is 17.3 Å². The molecule has 0 heterocycles. The fourth-order valence-corrected chi connectivity index (χ4v) is 2.10. The van der Waals surface area contributed by atoms with Crippen molar-refractivity contribution >= 4 is 5.69 Å². The number of anilines is 1. The quantitative estimate of drug-likeness (QED) is 0.830. The maximum atomic E-state index is 12.9. The smallest absolute Gasteiger partial charge is 0.382 e. The van der Waals surface area contributed by atoms with E-state index in [0.29, 0.717) is 6.07 Å². The van der Waals surface area contributed by atoms with Crippen LogP contribution in [0.2, 0.25) is 0 Å². The summed E-state index contributed by atoms with van der Waals surface area (Å²) < 4.78 is 77.3. The Hall–Kier alpha value is -1.44. The van der Waals surface area contributed by atoms with Crippen molar-refractivity contribution in [1.29, 1.82) is 0 Å². The molecule has 8 heteroatoms. The molecule has 0 aliphatic heterocycles. The van der Waals surface area contributed by atoms with Gasteiger partial charge in [-0.1, -0.05) is 12.1 Å². The third kappa shape index (κ3) is 2.68. The minimum atomic E-state index is -5.87. The van der Waals surface area contributed by atoms with Gasteiger partial charge in [0.1, 0.15) is 0 Å². The van der Waals surface area contributed by atoms with Gasteiger partial charge in [-0.15, -0.1) is 0 Å². The number of rotatable bonds is 3. The lowest BCUT2D eigenvalue weighted by Gasteiger charge is -2.34. The third-order valence-electron chi connectivity index (χ3n) is 3.48. The SMILES string of the molecule is Cc1c(NC2CC2)cccc1C(O)(C(F)(F)F)C(F)(F)F. The normalized spacial score (nSPS) is 17.0. The number of hydrogen-bond donors (Lipinski definition) is 2. The van der Waals surface area contributed by atoms with Gasteiger partial charge in [-0.2, -0.15) is 26.3 Å². The first-order valence-electron chi connectivity index (χ1n) is 6.21. The van der Waals surface area contributed by atoms with Crippen molar-refractivity contribution in [2.24, 2.45) is 0 Å². The van der Waals surface area contributed by atoms with Gasteiger partial charge in [-0.3, -0.25) is 0 Å². The highest BCUT2D eigenvalue weighted by Crippen LogP contribution is 2.51. The van der Waals surface area contributed by atoms with Crippen molar-refractivity contribution < 1.29 is 31.4 Å². The maximum Gasteiger partial charge on any atom is 0.430 e. The highest BCUT2D eigenvalue weighted by Gasteiger charge is 2.71. The Morgan fingerprint density at radius 2 is 1.57 bits per heavy atom. The standard InChI is InChI=1S/C13H13F6NO/c1-7-9(3-2-4-10(7)20-8-5-6-8)11(21,12(14,15)16)13(17,18)19/h2-4,8,20-21H,5-6H2,1H3. The number of benzene rings is 1. The van der Waals surface area contributed by atoms with E-state index in [4.69, 9.17) is 0 Å². The Balaban J connectivity index is 2.55. The van der Waals surface area contributed by atoms with Crippen LogP contribution in [0.15, 0.2) is 18.2 Å². The molecule has 0 spiro atoms. The van der Waals surface area contributed by atoms with Crippen LogP contribution in [0.4, 0.5) is 32.0 Å². The van der Waals surface area contributed by atoms with Gasteiger partial charge in [-0.25, -0.2) is 0 Å². The van der Waals surface area contributed by atoms with Crippen LogP contribution < -0.4 is 5.32 Å². The fraction of sp³-hybridized carbons (Fsp3) is 0.538. The molecule has 0 bridgehead atoms. The van der Waals surface area contributed by atoms with Gasteiger partial charge in [0, 0.05) is 17.3 Å². The molecule has 1 fully saturated rings. The second-order valence-electron chi connectivity index (χ2n) is 5.10. The van der Waals surface area contributed by atoms with Crippen LogP contribution >= 0.6 is 0 Å². The summed E-state index contributed by atoms with van der Waals surface area (Å²) in [7, 11) is 0. The molecule has 1 aliphatic rings. The van der Waals surface area contributed by atoms with Gasteiger partial charge < -0.3 is 10.4 Å². The molecular weight excluding hydrogens is 300 g/mol. The van der Waals surface area contributed by atoms with Crippen LogP contribution in [0.3, 0.4) is 0 Å². The van der Waals surface area contributed by atoms with Crippen molar-refractivity contribution in [3.8, 4) is 0 Å². The first kappa shape index (κ1) is 15.9. The van der Waals surface area contributed by atoms with Crippen molar-refractivity contribution in [2.45, 2.75) is 43.8 Å². The Morgan fingerprint density at radius 3 is 2.00 bits per heavy atom. The summed E-state index contributed by atoms with van der Waals surface area (Å²) in [6, 6.07) is 3.16. The van der Waals surface area contributed by atoms with E-state index in [1.807, 2.05) is 0 Å². The molecule has 0 saturated heterocycles. The van der Waals surface area contributed by atoms with Gasteiger partial charge in [0.05, 0.1) is 0 Å².